The molecule has 12 amide bonds. The van der Waals surface area contributed by atoms with Crippen LogP contribution in [-0.4, -0.2) is 296 Å². The van der Waals surface area contributed by atoms with Crippen molar-refractivity contribution < 1.29 is 84.9 Å². The van der Waals surface area contributed by atoms with E-state index >= 15 is 43.2 Å². The van der Waals surface area contributed by atoms with Gasteiger partial charge in [-0.1, -0.05) is 91.2 Å². The first-order valence-electron chi connectivity index (χ1n) is 39.9. The topological polar surface area (TPSA) is 298 Å². The Hall–Kier alpha value is -6.95. The Bertz CT molecular complexity index is 3220. The molecule has 27 nitrogen and oxygen atoms in total. The van der Waals surface area contributed by atoms with Gasteiger partial charge in [0.2, 0.25) is 70.9 Å². The molecule has 0 aromatic carbocycles. The zero-order valence-electron chi connectivity index (χ0n) is 66.5. The second-order valence-electron chi connectivity index (χ2n) is 32.7. The van der Waals surface area contributed by atoms with Gasteiger partial charge in [0.1, 0.15) is 59.9 Å². The van der Waals surface area contributed by atoms with Crippen LogP contribution >= 0.6 is 0 Å². The number of methoxy groups -OCH3 is 2. The molecule has 0 radical (unpaired) electrons. The minimum atomic E-state index is -4.52. The number of carbonyl (C=O) groups excluding carboxylic acids is 12. The van der Waals surface area contributed by atoms with Crippen LogP contribution in [0.15, 0.2) is 12.2 Å². The van der Waals surface area contributed by atoms with Crippen molar-refractivity contribution in [3.05, 3.63) is 12.2 Å². The molecule has 608 valence electrons. The molecule has 3 saturated heterocycles. The number of hydrogen-bond acceptors (Lipinski definition) is 15. The number of nitrogens with one attached hydrogen (secondary N) is 3. The maximum Gasteiger partial charge on any atom is 0.394 e. The van der Waals surface area contributed by atoms with Crippen LogP contribution < -0.4 is 16.0 Å². The lowest BCUT2D eigenvalue weighted by Gasteiger charge is -2.46. The van der Waals surface area contributed by atoms with Crippen molar-refractivity contribution >= 4 is 70.9 Å². The number of likely N-dealkylation sites (N-methyl/N-ethyl adjacent to an activating group) is 6. The van der Waals surface area contributed by atoms with Crippen molar-refractivity contribution in [3.63, 3.8) is 0 Å². The van der Waals surface area contributed by atoms with E-state index in [1.165, 1.54) is 108 Å². The van der Waals surface area contributed by atoms with Crippen molar-refractivity contribution in [1.82, 2.24) is 60.0 Å². The molecule has 8 rings (SSSR count). The number of nitrogens with zero attached hydrogens (tertiary/aromatic N) is 9. The average molecular weight is 1530 g/mol. The van der Waals surface area contributed by atoms with Gasteiger partial charge in [-0.15, -0.1) is 0 Å². The van der Waals surface area contributed by atoms with Crippen molar-refractivity contribution in [2.45, 2.75) is 280 Å². The predicted molar refractivity (Wildman–Crippen MR) is 395 cm³/mol. The molecule has 4 heterocycles. The maximum atomic E-state index is 15.7. The zero-order chi connectivity index (χ0) is 79.4. The van der Waals surface area contributed by atoms with Crippen LogP contribution in [0.5, 0.6) is 0 Å². The third-order valence-electron chi connectivity index (χ3n) is 25.3. The maximum absolute atomic E-state index is 15.7. The third-order valence-corrected chi connectivity index (χ3v) is 25.3. The van der Waals surface area contributed by atoms with E-state index in [1.807, 2.05) is 19.9 Å². The van der Waals surface area contributed by atoms with E-state index in [2.05, 4.69) is 22.9 Å². The van der Waals surface area contributed by atoms with Crippen LogP contribution in [0.1, 0.15) is 195 Å². The van der Waals surface area contributed by atoms with Gasteiger partial charge in [-0.2, -0.15) is 13.2 Å². The smallest absolute Gasteiger partial charge is 0.381 e. The lowest BCUT2D eigenvalue weighted by Crippen LogP contribution is -2.68. The third kappa shape index (κ3) is 20.2. The molecule has 15 atom stereocenters. The Morgan fingerprint density at radius 3 is 1.90 bits per heavy atom. The number of amides is 12. The number of fused-ring (bicyclic) bond motifs is 4. The largest absolute Gasteiger partial charge is 0.394 e. The summed E-state index contributed by atoms with van der Waals surface area (Å²) in [7, 11) is 12.9. The van der Waals surface area contributed by atoms with Gasteiger partial charge < -0.3 is 74.3 Å². The Balaban J connectivity index is 1.22. The number of ether oxygens (including phenoxy) is 3. The molecule has 1 spiro atoms. The molecule has 30 heteroatoms. The van der Waals surface area contributed by atoms with E-state index in [4.69, 9.17) is 14.2 Å². The molecule has 4 aliphatic heterocycles. The Labute approximate surface area is 636 Å². The standard InChI is InChI=1S/C78H125F3N12O15/c1-15-24-56-67(96)83-65(48(5)16-2)74(103)93-44-52(106-13)41-61(93)72(101)88(10)57-27-19-18-22-38-91(73(57)102)60(39-49-30-28-47(4)29-31-49)71(100)86(8)46-63(94)82-55(35-33-50-32-34-54(78(79,80)81)62(40-50)107-14)69(98)92-45-53(108-17-3)42-58(92)68(97)84-77(36-23-37-77)76(105)90(12)66(51-25-20-21-26-51)75(104)89(11)59(70(99)85(6)7)43-64(95)87(56)9/h18-19,47-62,65-66H,15-17,20-46H2,1-14H3,(H,82,94)(H,83,96)(H,84,97)/b19-18-/t47?,48-,49?,50?,52-,53+,54?,55-,56-,57-,58-,59-,60-,61-,62?,65+,66-/m0/s1. The van der Waals surface area contributed by atoms with Gasteiger partial charge in [0.15, 0.2) is 0 Å². The molecule has 108 heavy (non-hydrogen) atoms. The summed E-state index contributed by atoms with van der Waals surface area (Å²) in [5.74, 6) is -10.4. The Kier molecular flexibility index (Phi) is 30.7. The summed E-state index contributed by atoms with van der Waals surface area (Å²) in [6, 6.07) is -11.4. The number of rotatable bonds is 15. The van der Waals surface area contributed by atoms with E-state index < -0.39 is 186 Å². The highest BCUT2D eigenvalue weighted by molar-refractivity contribution is 6.01. The normalized spacial score (nSPS) is 33.0. The first-order valence-corrected chi connectivity index (χ1v) is 39.9. The van der Waals surface area contributed by atoms with Crippen molar-refractivity contribution in [3.8, 4) is 0 Å². The van der Waals surface area contributed by atoms with Gasteiger partial charge >= 0.3 is 6.18 Å². The molecule has 4 saturated carbocycles. The molecule has 0 aromatic rings. The zero-order valence-corrected chi connectivity index (χ0v) is 66.5. The molecule has 8 aliphatic rings. The summed E-state index contributed by atoms with van der Waals surface area (Å²) < 4.78 is 60.4. The molecular weight excluding hydrogens is 1400 g/mol. The molecule has 7 fully saturated rings. The first-order chi connectivity index (χ1) is 51.1. The van der Waals surface area contributed by atoms with E-state index in [0.29, 0.717) is 44.4 Å². The minimum absolute atomic E-state index is 0.0112. The minimum Gasteiger partial charge on any atom is -0.381 e. The van der Waals surface area contributed by atoms with Crippen LogP contribution in [0.4, 0.5) is 13.2 Å². The predicted octanol–water partition coefficient (Wildman–Crippen LogP) is 5.45. The fourth-order valence-electron chi connectivity index (χ4n) is 18.2. The number of carbonyl (C=O) groups is 12. The summed E-state index contributed by atoms with van der Waals surface area (Å²) in [6.45, 7) is 8.82. The van der Waals surface area contributed by atoms with E-state index in [1.54, 1.807) is 19.9 Å². The fraction of sp³-hybridized carbons (Fsp3) is 0.821. The van der Waals surface area contributed by atoms with Gasteiger partial charge in [0.05, 0.1) is 37.2 Å². The molecular formula is C78H125F3N12O15. The Morgan fingerprint density at radius 2 is 1.30 bits per heavy atom. The molecule has 0 aromatic heterocycles. The number of hydrogen-bond donors (Lipinski definition) is 3. The monoisotopic (exact) mass is 1530 g/mol. The van der Waals surface area contributed by atoms with Crippen LogP contribution in [-0.2, 0) is 71.7 Å². The van der Waals surface area contributed by atoms with Gasteiger partial charge in [0, 0.05) is 103 Å². The average Bonchev–Trinajstić information content (AvgIpc) is 0.853. The lowest BCUT2D eigenvalue weighted by atomic mass is 9.74. The summed E-state index contributed by atoms with van der Waals surface area (Å²) in [4.78, 5) is 196. The van der Waals surface area contributed by atoms with Gasteiger partial charge in [0.25, 0.3) is 0 Å². The van der Waals surface area contributed by atoms with Crippen LogP contribution in [0, 0.1) is 35.5 Å². The second-order valence-corrected chi connectivity index (χ2v) is 32.7. The summed E-state index contributed by atoms with van der Waals surface area (Å²) in [6.07, 6.45) is 4.10. The molecule has 3 N–H and O–H groups in total. The molecule has 2 bridgehead atoms. The fourth-order valence-corrected chi connectivity index (χ4v) is 18.2. The highest BCUT2D eigenvalue weighted by atomic mass is 19.4. The SMILES string of the molecule is CCC[C@H]1C(=O)N[C@H]([C@@H](C)CC)C(=O)N2C[C@@H](OC)C[C@H]2C(=O)N(C)[C@H]2C/C=C\CCN(C2=O)[C@@H](CC2CCC(C)CC2)C(=O)N(C)CC(=O)N[C@@H](CCC2CCC(C(F)(F)F)C(OC)C2)C(=O)N2C[C@H](OCC)C[C@H]2C(=O)NC2(CCC2)C(=O)N(C)[C@@H](C2CCCC2)C(=O)N(C)[C@H](C(=O)N(C)C)CC(=O)N1C. The van der Waals surface area contributed by atoms with Gasteiger partial charge in [-0.3, -0.25) is 57.5 Å². The summed E-state index contributed by atoms with van der Waals surface area (Å²) >= 11 is 0. The van der Waals surface area contributed by atoms with E-state index in [0.717, 1.165) is 38.5 Å². The lowest BCUT2D eigenvalue weighted by molar-refractivity contribution is -0.215. The van der Waals surface area contributed by atoms with Crippen LogP contribution in [0.2, 0.25) is 0 Å². The number of halogens is 3. The molecule has 4 aliphatic carbocycles. The van der Waals surface area contributed by atoms with Crippen molar-refractivity contribution in [1.29, 1.82) is 0 Å². The highest BCUT2D eigenvalue weighted by Crippen LogP contribution is 2.44. The van der Waals surface area contributed by atoms with Crippen molar-refractivity contribution in [2.75, 3.05) is 96.3 Å². The molecule has 3 unspecified atom stereocenters. The second kappa shape index (κ2) is 38.3. The summed E-state index contributed by atoms with van der Waals surface area (Å²) in [5, 5.41) is 8.91. The van der Waals surface area contributed by atoms with Crippen LogP contribution in [0.25, 0.3) is 0 Å². The number of alkyl halides is 3. The van der Waals surface area contributed by atoms with Crippen LogP contribution in [0.3, 0.4) is 0 Å². The van der Waals surface area contributed by atoms with Gasteiger partial charge in [-0.05, 0) is 126 Å². The Morgan fingerprint density at radius 1 is 0.648 bits per heavy atom. The highest BCUT2D eigenvalue weighted by Gasteiger charge is 2.55. The van der Waals surface area contributed by atoms with Crippen molar-refractivity contribution in [2.24, 2.45) is 35.5 Å². The first kappa shape index (κ1) is 86.6. The summed E-state index contributed by atoms with van der Waals surface area (Å²) in [5.41, 5.74) is -1.59. The van der Waals surface area contributed by atoms with E-state index in [-0.39, 0.29) is 115 Å². The van der Waals surface area contributed by atoms with E-state index in [9.17, 15) is 27.6 Å². The van der Waals surface area contributed by atoms with Gasteiger partial charge in [-0.25, -0.2) is 0 Å². The quantitative estimate of drug-likeness (QED) is 0.172.